The third-order valence-corrected chi connectivity index (χ3v) is 6.46. The quantitative estimate of drug-likeness (QED) is 0.394. The van der Waals surface area contributed by atoms with E-state index in [0.717, 1.165) is 22.0 Å². The molecule has 3 rings (SSSR count). The lowest BCUT2D eigenvalue weighted by atomic mass is 9.99. The molecule has 0 aliphatic carbocycles. The molecule has 0 aliphatic heterocycles. The standard InChI is InChI=1S/C21H20ClNS2/c1-3-15(2)16-4-8-18(9-5-16)23-14-20-12-13-21(25-20)24-19-10-6-17(22)7-11-19/h4-15H,3H2,1-2H3/t15-/m0/s1. The Morgan fingerprint density at radius 3 is 2.44 bits per heavy atom. The van der Waals surface area contributed by atoms with Crippen LogP contribution in [-0.2, 0) is 0 Å². The first-order chi connectivity index (χ1) is 12.1. The van der Waals surface area contributed by atoms with Gasteiger partial charge in [-0.05, 0) is 66.4 Å². The topological polar surface area (TPSA) is 12.4 Å². The van der Waals surface area contributed by atoms with Crippen LogP contribution in [0, 0.1) is 0 Å². The summed E-state index contributed by atoms with van der Waals surface area (Å²) in [6, 6.07) is 20.7. The van der Waals surface area contributed by atoms with Gasteiger partial charge in [-0.1, -0.05) is 49.3 Å². The molecule has 3 aromatic rings. The molecular weight excluding hydrogens is 366 g/mol. The lowest BCUT2D eigenvalue weighted by molar-refractivity contribution is 0.734. The van der Waals surface area contributed by atoms with Gasteiger partial charge in [0.15, 0.2) is 0 Å². The molecule has 0 aliphatic rings. The van der Waals surface area contributed by atoms with Crippen LogP contribution in [0.3, 0.4) is 0 Å². The normalized spacial score (nSPS) is 12.6. The van der Waals surface area contributed by atoms with Gasteiger partial charge in [-0.25, -0.2) is 0 Å². The van der Waals surface area contributed by atoms with Crippen LogP contribution >= 0.6 is 34.7 Å². The molecule has 0 spiro atoms. The van der Waals surface area contributed by atoms with Crippen molar-refractivity contribution >= 4 is 46.6 Å². The van der Waals surface area contributed by atoms with Crippen LogP contribution < -0.4 is 0 Å². The van der Waals surface area contributed by atoms with E-state index in [-0.39, 0.29) is 0 Å². The number of nitrogens with zero attached hydrogens (tertiary/aromatic N) is 1. The molecule has 1 atom stereocenters. The van der Waals surface area contributed by atoms with Crippen LogP contribution in [0.1, 0.15) is 36.6 Å². The Balaban J connectivity index is 1.64. The summed E-state index contributed by atoms with van der Waals surface area (Å²) in [5, 5.41) is 0.766. The molecule has 128 valence electrons. The predicted octanol–water partition coefficient (Wildman–Crippen LogP) is 7.82. The van der Waals surface area contributed by atoms with Crippen LogP contribution in [0.15, 0.2) is 74.8 Å². The molecule has 0 saturated heterocycles. The molecule has 25 heavy (non-hydrogen) atoms. The Hall–Kier alpha value is -1.55. The molecule has 0 N–H and O–H groups in total. The van der Waals surface area contributed by atoms with E-state index in [1.165, 1.54) is 14.7 Å². The van der Waals surface area contributed by atoms with Crippen molar-refractivity contribution in [3.05, 3.63) is 76.1 Å². The van der Waals surface area contributed by atoms with Crippen LogP contribution in [-0.4, -0.2) is 6.21 Å². The first-order valence-corrected chi connectivity index (χ1v) is 10.3. The van der Waals surface area contributed by atoms with Gasteiger partial charge in [-0.3, -0.25) is 4.99 Å². The zero-order valence-electron chi connectivity index (χ0n) is 14.3. The van der Waals surface area contributed by atoms with Gasteiger partial charge in [-0.2, -0.15) is 0 Å². The summed E-state index contributed by atoms with van der Waals surface area (Å²) in [6.45, 7) is 4.47. The SMILES string of the molecule is CC[C@H](C)c1ccc(N=Cc2ccc(Sc3ccc(Cl)cc3)s2)cc1. The van der Waals surface area contributed by atoms with E-state index in [1.807, 2.05) is 30.5 Å². The van der Waals surface area contributed by atoms with Gasteiger partial charge >= 0.3 is 0 Å². The molecule has 0 saturated carbocycles. The number of halogens is 1. The molecule has 0 bridgehead atoms. The van der Waals surface area contributed by atoms with Gasteiger partial charge in [0.1, 0.15) is 0 Å². The highest BCUT2D eigenvalue weighted by Gasteiger charge is 2.03. The Morgan fingerprint density at radius 2 is 1.76 bits per heavy atom. The Bertz CT molecular complexity index is 835. The largest absolute Gasteiger partial charge is 0.255 e. The first kappa shape index (κ1) is 18.2. The number of rotatable bonds is 6. The third kappa shape index (κ3) is 5.21. The number of aliphatic imine (C=N–C) groups is 1. The highest BCUT2D eigenvalue weighted by atomic mass is 35.5. The van der Waals surface area contributed by atoms with E-state index < -0.39 is 0 Å². The fourth-order valence-electron chi connectivity index (χ4n) is 2.34. The zero-order valence-corrected chi connectivity index (χ0v) is 16.7. The van der Waals surface area contributed by atoms with Crippen molar-refractivity contribution in [3.63, 3.8) is 0 Å². The highest BCUT2D eigenvalue weighted by molar-refractivity contribution is 8.01. The van der Waals surface area contributed by atoms with Crippen molar-refractivity contribution in [3.8, 4) is 0 Å². The summed E-state index contributed by atoms with van der Waals surface area (Å²) >= 11 is 9.42. The van der Waals surface area contributed by atoms with Crippen LogP contribution in [0.2, 0.25) is 5.02 Å². The second-order valence-electron chi connectivity index (χ2n) is 5.87. The minimum Gasteiger partial charge on any atom is -0.255 e. The van der Waals surface area contributed by atoms with Gasteiger partial charge in [0.05, 0.1) is 9.90 Å². The highest BCUT2D eigenvalue weighted by Crippen LogP contribution is 2.33. The second kappa shape index (κ2) is 8.70. The summed E-state index contributed by atoms with van der Waals surface area (Å²) in [5.74, 6) is 0.600. The molecule has 0 amide bonds. The van der Waals surface area contributed by atoms with Gasteiger partial charge in [0, 0.05) is 21.0 Å². The Kier molecular flexibility index (Phi) is 6.35. The van der Waals surface area contributed by atoms with Crippen molar-refractivity contribution in [1.82, 2.24) is 0 Å². The van der Waals surface area contributed by atoms with E-state index in [1.54, 1.807) is 23.1 Å². The summed E-state index contributed by atoms with van der Waals surface area (Å²) in [7, 11) is 0. The molecule has 4 heteroatoms. The summed E-state index contributed by atoms with van der Waals surface area (Å²) < 4.78 is 1.25. The predicted molar refractivity (Wildman–Crippen MR) is 112 cm³/mol. The maximum absolute atomic E-state index is 5.93. The van der Waals surface area contributed by atoms with E-state index >= 15 is 0 Å². The van der Waals surface area contributed by atoms with Crippen LogP contribution in [0.25, 0.3) is 0 Å². The molecule has 0 fully saturated rings. The molecular formula is C21H20ClNS2. The van der Waals surface area contributed by atoms with Gasteiger partial charge in [0.2, 0.25) is 0 Å². The number of benzene rings is 2. The third-order valence-electron chi connectivity index (χ3n) is 4.05. The van der Waals surface area contributed by atoms with Crippen molar-refractivity contribution in [1.29, 1.82) is 0 Å². The molecule has 2 aromatic carbocycles. The molecule has 0 unspecified atom stereocenters. The van der Waals surface area contributed by atoms with E-state index in [4.69, 9.17) is 11.6 Å². The van der Waals surface area contributed by atoms with Crippen molar-refractivity contribution < 1.29 is 0 Å². The maximum Gasteiger partial charge on any atom is 0.0653 e. The fraction of sp³-hybridized carbons (Fsp3) is 0.190. The smallest absolute Gasteiger partial charge is 0.0653 e. The number of hydrogen-bond donors (Lipinski definition) is 0. The van der Waals surface area contributed by atoms with Gasteiger partial charge in [-0.15, -0.1) is 11.3 Å². The van der Waals surface area contributed by atoms with E-state index in [9.17, 15) is 0 Å². The van der Waals surface area contributed by atoms with E-state index in [2.05, 4.69) is 55.2 Å². The molecule has 0 radical (unpaired) electrons. The molecule has 1 nitrogen and oxygen atoms in total. The monoisotopic (exact) mass is 385 g/mol. The van der Waals surface area contributed by atoms with Crippen molar-refractivity contribution in [2.75, 3.05) is 0 Å². The first-order valence-electron chi connectivity index (χ1n) is 8.31. The number of hydrogen-bond acceptors (Lipinski definition) is 3. The summed E-state index contributed by atoms with van der Waals surface area (Å²) in [4.78, 5) is 6.94. The van der Waals surface area contributed by atoms with Crippen LogP contribution in [0.4, 0.5) is 5.69 Å². The van der Waals surface area contributed by atoms with Crippen LogP contribution in [0.5, 0.6) is 0 Å². The lowest BCUT2D eigenvalue weighted by Gasteiger charge is -2.08. The average Bonchev–Trinajstić information content (AvgIpc) is 3.09. The Labute approximate surface area is 162 Å². The van der Waals surface area contributed by atoms with Crippen molar-refractivity contribution in [2.24, 2.45) is 4.99 Å². The average molecular weight is 386 g/mol. The lowest BCUT2D eigenvalue weighted by Crippen LogP contribution is -1.89. The maximum atomic E-state index is 5.93. The minimum absolute atomic E-state index is 0.600. The van der Waals surface area contributed by atoms with Gasteiger partial charge in [0.25, 0.3) is 0 Å². The fourth-order valence-corrected chi connectivity index (χ4v) is 4.46. The molecule has 1 heterocycles. The minimum atomic E-state index is 0.600. The number of thiophene rings is 1. The summed E-state index contributed by atoms with van der Waals surface area (Å²) in [5.41, 5.74) is 2.37. The summed E-state index contributed by atoms with van der Waals surface area (Å²) in [6.07, 6.45) is 3.10. The second-order valence-corrected chi connectivity index (χ2v) is 8.80. The van der Waals surface area contributed by atoms with E-state index in [0.29, 0.717) is 5.92 Å². The molecule has 1 aromatic heterocycles. The van der Waals surface area contributed by atoms with Gasteiger partial charge < -0.3 is 0 Å². The zero-order chi connectivity index (χ0) is 17.6. The van der Waals surface area contributed by atoms with Crippen molar-refractivity contribution in [2.45, 2.75) is 35.3 Å². The Morgan fingerprint density at radius 1 is 1.04 bits per heavy atom.